The highest BCUT2D eigenvalue weighted by atomic mass is 32.2. The summed E-state index contributed by atoms with van der Waals surface area (Å²) in [6, 6.07) is 2.63. The maximum Gasteiger partial charge on any atom is 0.274 e. The van der Waals surface area contributed by atoms with Gasteiger partial charge < -0.3 is 4.42 Å². The van der Waals surface area contributed by atoms with E-state index in [-0.39, 0.29) is 5.09 Å². The lowest BCUT2D eigenvalue weighted by atomic mass is 10.1. The van der Waals surface area contributed by atoms with Gasteiger partial charge in [-0.15, -0.1) is 0 Å². The molecule has 0 radical (unpaired) electrons. The number of aromatic nitrogens is 4. The zero-order chi connectivity index (χ0) is 19.9. The summed E-state index contributed by atoms with van der Waals surface area (Å²) in [6.07, 6.45) is 0. The third-order valence-corrected chi connectivity index (χ3v) is 6.25. The SMILES string of the molecule is CCn1nc(C)c(C(C)NS(=O)(=O)c2ccc(-c3n[nH]c(C)c3C)o2)c1C. The van der Waals surface area contributed by atoms with Gasteiger partial charge in [0, 0.05) is 35.1 Å². The Morgan fingerprint density at radius 1 is 1.26 bits per heavy atom. The van der Waals surface area contributed by atoms with Gasteiger partial charge in [-0.1, -0.05) is 0 Å². The van der Waals surface area contributed by atoms with E-state index in [1.165, 1.54) is 6.07 Å². The fraction of sp³-hybridized carbons (Fsp3) is 0.444. The van der Waals surface area contributed by atoms with Crippen molar-refractivity contribution in [2.45, 2.75) is 59.2 Å². The van der Waals surface area contributed by atoms with Gasteiger partial charge in [-0.2, -0.15) is 10.2 Å². The van der Waals surface area contributed by atoms with Crippen LogP contribution in [0.25, 0.3) is 11.5 Å². The van der Waals surface area contributed by atoms with Gasteiger partial charge in [0.1, 0.15) is 5.69 Å². The number of aromatic amines is 1. The molecule has 0 aromatic carbocycles. The minimum absolute atomic E-state index is 0.136. The molecular formula is C18H25N5O3S. The molecule has 1 atom stereocenters. The number of hydrogen-bond acceptors (Lipinski definition) is 5. The molecular weight excluding hydrogens is 366 g/mol. The van der Waals surface area contributed by atoms with Crippen molar-refractivity contribution in [3.05, 3.63) is 40.3 Å². The van der Waals surface area contributed by atoms with Crippen molar-refractivity contribution in [2.75, 3.05) is 0 Å². The van der Waals surface area contributed by atoms with Crippen molar-refractivity contribution in [2.24, 2.45) is 0 Å². The first-order valence-electron chi connectivity index (χ1n) is 8.83. The van der Waals surface area contributed by atoms with Crippen molar-refractivity contribution in [1.82, 2.24) is 24.7 Å². The summed E-state index contributed by atoms with van der Waals surface area (Å²) < 4.78 is 35.7. The first kappa shape index (κ1) is 19.4. The van der Waals surface area contributed by atoms with E-state index in [2.05, 4.69) is 20.0 Å². The summed E-state index contributed by atoms with van der Waals surface area (Å²) in [7, 11) is -3.82. The second kappa shape index (κ2) is 6.97. The molecule has 0 saturated carbocycles. The van der Waals surface area contributed by atoms with E-state index in [0.717, 1.165) is 34.8 Å². The third-order valence-electron chi connectivity index (χ3n) is 4.83. The Morgan fingerprint density at radius 3 is 2.52 bits per heavy atom. The molecule has 146 valence electrons. The third kappa shape index (κ3) is 3.44. The van der Waals surface area contributed by atoms with Crippen LogP contribution in [-0.4, -0.2) is 28.4 Å². The van der Waals surface area contributed by atoms with Gasteiger partial charge in [0.05, 0.1) is 5.69 Å². The van der Waals surface area contributed by atoms with Crippen molar-refractivity contribution in [3.63, 3.8) is 0 Å². The van der Waals surface area contributed by atoms with E-state index in [1.54, 1.807) is 13.0 Å². The van der Waals surface area contributed by atoms with E-state index >= 15 is 0 Å². The second-order valence-corrected chi connectivity index (χ2v) is 8.33. The number of furan rings is 1. The van der Waals surface area contributed by atoms with Crippen LogP contribution < -0.4 is 4.72 Å². The van der Waals surface area contributed by atoms with E-state index in [1.807, 2.05) is 39.3 Å². The number of nitrogens with zero attached hydrogens (tertiary/aromatic N) is 3. The molecule has 0 spiro atoms. The molecule has 1 unspecified atom stereocenters. The molecule has 0 aliphatic carbocycles. The maximum atomic E-state index is 12.8. The molecule has 2 N–H and O–H groups in total. The summed E-state index contributed by atoms with van der Waals surface area (Å²) in [5.74, 6) is 0.413. The minimum atomic E-state index is -3.82. The average molecular weight is 391 g/mol. The Labute approximate surface area is 159 Å². The largest absolute Gasteiger partial charge is 0.442 e. The maximum absolute atomic E-state index is 12.8. The van der Waals surface area contributed by atoms with Gasteiger partial charge in [0.2, 0.25) is 5.09 Å². The molecule has 0 fully saturated rings. The number of aryl methyl sites for hydroxylation is 3. The number of rotatable bonds is 6. The van der Waals surface area contributed by atoms with Gasteiger partial charge >= 0.3 is 0 Å². The molecule has 0 amide bonds. The Hall–Kier alpha value is -2.39. The first-order valence-corrected chi connectivity index (χ1v) is 10.3. The van der Waals surface area contributed by atoms with Crippen molar-refractivity contribution < 1.29 is 12.8 Å². The predicted octanol–water partition coefficient (Wildman–Crippen LogP) is 3.16. The van der Waals surface area contributed by atoms with Gasteiger partial charge in [0.15, 0.2) is 5.76 Å². The van der Waals surface area contributed by atoms with Crippen LogP contribution >= 0.6 is 0 Å². The molecule has 3 rings (SSSR count). The fourth-order valence-corrected chi connectivity index (χ4v) is 4.46. The zero-order valence-electron chi connectivity index (χ0n) is 16.4. The van der Waals surface area contributed by atoms with Crippen molar-refractivity contribution >= 4 is 10.0 Å². The van der Waals surface area contributed by atoms with Gasteiger partial charge in [-0.25, -0.2) is 13.1 Å². The molecule has 0 aliphatic rings. The van der Waals surface area contributed by atoms with Crippen LogP contribution in [0.3, 0.4) is 0 Å². The Balaban J connectivity index is 1.87. The van der Waals surface area contributed by atoms with E-state index < -0.39 is 16.1 Å². The molecule has 0 saturated heterocycles. The van der Waals surface area contributed by atoms with E-state index in [0.29, 0.717) is 11.5 Å². The summed E-state index contributed by atoms with van der Waals surface area (Å²) in [5.41, 5.74) is 5.09. The van der Waals surface area contributed by atoms with E-state index in [4.69, 9.17) is 4.42 Å². The summed E-state index contributed by atoms with van der Waals surface area (Å²) in [5, 5.41) is 11.4. The standard InChI is InChI=1S/C18H25N5O3S/c1-7-23-14(6)17(12(4)21-23)13(5)22-27(24,25)16-9-8-15(26-16)18-10(2)11(3)19-20-18/h8-9,13,22H,7H2,1-6H3,(H,19,20). The highest BCUT2D eigenvalue weighted by Crippen LogP contribution is 2.28. The quantitative estimate of drug-likeness (QED) is 0.671. The Morgan fingerprint density at radius 2 is 1.96 bits per heavy atom. The number of hydrogen-bond donors (Lipinski definition) is 2. The van der Waals surface area contributed by atoms with Crippen LogP contribution in [0.4, 0.5) is 0 Å². The van der Waals surface area contributed by atoms with Crippen LogP contribution in [0.15, 0.2) is 21.6 Å². The van der Waals surface area contributed by atoms with Crippen LogP contribution in [0.5, 0.6) is 0 Å². The Kier molecular flexibility index (Phi) is 5.00. The van der Waals surface area contributed by atoms with Crippen LogP contribution in [0, 0.1) is 27.7 Å². The van der Waals surface area contributed by atoms with Crippen LogP contribution in [0.1, 0.15) is 48.1 Å². The second-order valence-electron chi connectivity index (χ2n) is 6.68. The lowest BCUT2D eigenvalue weighted by Gasteiger charge is -2.14. The molecule has 3 aromatic rings. The number of nitrogens with one attached hydrogen (secondary N) is 2. The Bertz CT molecular complexity index is 1070. The molecule has 27 heavy (non-hydrogen) atoms. The highest BCUT2D eigenvalue weighted by Gasteiger charge is 2.26. The lowest BCUT2D eigenvalue weighted by molar-refractivity contribution is 0.451. The van der Waals surface area contributed by atoms with Gasteiger partial charge in [-0.3, -0.25) is 9.78 Å². The van der Waals surface area contributed by atoms with Crippen LogP contribution in [0.2, 0.25) is 0 Å². The average Bonchev–Trinajstić information content (AvgIpc) is 3.27. The smallest absolute Gasteiger partial charge is 0.274 e. The monoisotopic (exact) mass is 391 g/mol. The minimum Gasteiger partial charge on any atom is -0.442 e. The first-order chi connectivity index (χ1) is 12.7. The lowest BCUT2D eigenvalue weighted by Crippen LogP contribution is -2.27. The molecule has 3 aromatic heterocycles. The van der Waals surface area contributed by atoms with Crippen molar-refractivity contribution in [1.29, 1.82) is 0 Å². The predicted molar refractivity (Wildman–Crippen MR) is 102 cm³/mol. The molecule has 0 bridgehead atoms. The fourth-order valence-electron chi connectivity index (χ4n) is 3.31. The number of H-pyrrole nitrogens is 1. The normalized spacial score (nSPS) is 13.3. The van der Waals surface area contributed by atoms with E-state index in [9.17, 15) is 8.42 Å². The van der Waals surface area contributed by atoms with Crippen LogP contribution in [-0.2, 0) is 16.6 Å². The van der Waals surface area contributed by atoms with Crippen molar-refractivity contribution in [3.8, 4) is 11.5 Å². The molecule has 3 heterocycles. The zero-order valence-corrected chi connectivity index (χ0v) is 17.2. The summed E-state index contributed by atoms with van der Waals surface area (Å²) in [6.45, 7) is 12.2. The molecule has 9 heteroatoms. The topological polar surface area (TPSA) is 106 Å². The van der Waals surface area contributed by atoms with Gasteiger partial charge in [0.25, 0.3) is 10.0 Å². The summed E-state index contributed by atoms with van der Waals surface area (Å²) in [4.78, 5) is 0. The summed E-state index contributed by atoms with van der Waals surface area (Å²) >= 11 is 0. The molecule has 0 aliphatic heterocycles. The van der Waals surface area contributed by atoms with Gasteiger partial charge in [-0.05, 0) is 53.7 Å². The highest BCUT2D eigenvalue weighted by molar-refractivity contribution is 7.89. The number of sulfonamides is 1. The molecule has 8 nitrogen and oxygen atoms in total.